The van der Waals surface area contributed by atoms with E-state index >= 15 is 0 Å². The number of hydrogen-bond donors (Lipinski definition) is 1. The molecule has 126 valence electrons. The van der Waals surface area contributed by atoms with Gasteiger partial charge in [0.25, 0.3) is 0 Å². The largest absolute Gasteiger partial charge is 0.273 e. The van der Waals surface area contributed by atoms with Crippen LogP contribution in [0.1, 0.15) is 17.5 Å². The van der Waals surface area contributed by atoms with Crippen LogP contribution >= 0.6 is 24.2 Å². The maximum absolute atomic E-state index is 12.5. The average Bonchev–Trinajstić information content (AvgIpc) is 3.09. The number of fused-ring (bicyclic) bond motifs is 2. The number of carbonyl (C=O) groups is 1. The number of aromatic nitrogens is 1. The molecule has 1 aromatic heterocycles. The minimum Gasteiger partial charge on any atom is -0.273 e. The highest BCUT2D eigenvalue weighted by Crippen LogP contribution is 2.31. The number of rotatable bonds is 3. The summed E-state index contributed by atoms with van der Waals surface area (Å²) in [7, 11) is 0. The Hall–Kier alpha value is -2.04. The molecule has 1 aliphatic carbocycles. The fraction of sp³-hybridized carbons (Fsp3) is 0.200. The van der Waals surface area contributed by atoms with E-state index in [1.54, 1.807) is 4.90 Å². The molecule has 1 heterocycles. The van der Waals surface area contributed by atoms with E-state index in [1.807, 2.05) is 36.4 Å². The average molecular weight is 369 g/mol. The number of carbonyl (C=O) groups excluding carboxylic acids is 1. The number of halogens is 1. The van der Waals surface area contributed by atoms with Crippen LogP contribution in [-0.2, 0) is 17.6 Å². The summed E-state index contributed by atoms with van der Waals surface area (Å²) >= 11 is 10.2. The molecular formula is C20H17ClN2OS. The zero-order chi connectivity index (χ0) is 17.4. The first kappa shape index (κ1) is 16.4. The van der Waals surface area contributed by atoms with Crippen molar-refractivity contribution in [3.63, 3.8) is 0 Å². The maximum Gasteiger partial charge on any atom is 0.247 e. The van der Waals surface area contributed by atoms with Gasteiger partial charge in [-0.1, -0.05) is 6.07 Å². The van der Waals surface area contributed by atoms with Crippen LogP contribution < -0.4 is 4.90 Å². The van der Waals surface area contributed by atoms with Gasteiger partial charge in [-0.3, -0.25) is 9.69 Å². The molecule has 0 bridgehead atoms. The van der Waals surface area contributed by atoms with Crippen molar-refractivity contribution < 1.29 is 4.79 Å². The van der Waals surface area contributed by atoms with Crippen molar-refractivity contribution in [3.05, 3.63) is 59.7 Å². The Bertz CT molecular complexity index is 973. The zero-order valence-corrected chi connectivity index (χ0v) is 15.2. The van der Waals surface area contributed by atoms with E-state index < -0.39 is 0 Å². The SMILES string of the molecule is O=C(CCl)N(c1ccc2c(c1)CCC2)c1ccc2cc(S)ccc2n1. The number of nitrogens with zero attached hydrogens (tertiary/aromatic N) is 2. The molecule has 0 aliphatic heterocycles. The molecule has 3 aromatic rings. The number of thiol groups is 1. The quantitative estimate of drug-likeness (QED) is 0.526. The molecule has 0 unspecified atom stereocenters. The van der Waals surface area contributed by atoms with Gasteiger partial charge < -0.3 is 0 Å². The van der Waals surface area contributed by atoms with Gasteiger partial charge in [-0.05, 0) is 72.9 Å². The predicted octanol–water partition coefficient (Wildman–Crippen LogP) is 4.92. The molecule has 0 fully saturated rings. The standard InChI is InChI=1S/C20H17ClN2OS/c21-12-20(24)23(16-6-4-13-2-1-3-14(13)10-16)19-9-5-15-11-17(25)7-8-18(15)22-19/h4-11,25H,1-3,12H2. The molecule has 0 spiro atoms. The third-order valence-corrected chi connectivity index (χ3v) is 5.10. The summed E-state index contributed by atoms with van der Waals surface area (Å²) in [4.78, 5) is 19.7. The van der Waals surface area contributed by atoms with Gasteiger partial charge in [0.2, 0.25) is 5.91 Å². The number of anilines is 2. The lowest BCUT2D eigenvalue weighted by atomic mass is 10.1. The van der Waals surface area contributed by atoms with Crippen LogP contribution in [0.25, 0.3) is 10.9 Å². The number of hydrogen-bond acceptors (Lipinski definition) is 3. The lowest BCUT2D eigenvalue weighted by molar-refractivity contribution is -0.115. The van der Waals surface area contributed by atoms with Crippen molar-refractivity contribution in [2.75, 3.05) is 10.8 Å². The molecule has 0 saturated heterocycles. The van der Waals surface area contributed by atoms with Gasteiger partial charge in [0, 0.05) is 10.3 Å². The van der Waals surface area contributed by atoms with E-state index in [0.717, 1.165) is 34.3 Å². The first-order valence-electron chi connectivity index (χ1n) is 8.26. The highest BCUT2D eigenvalue weighted by molar-refractivity contribution is 7.80. The maximum atomic E-state index is 12.5. The first-order valence-corrected chi connectivity index (χ1v) is 9.24. The Labute approximate surface area is 157 Å². The number of amides is 1. The Morgan fingerprint density at radius 3 is 2.76 bits per heavy atom. The van der Waals surface area contributed by atoms with Crippen molar-refractivity contribution in [2.45, 2.75) is 24.2 Å². The summed E-state index contributed by atoms with van der Waals surface area (Å²) in [6.45, 7) is 0. The summed E-state index contributed by atoms with van der Waals surface area (Å²) < 4.78 is 0. The van der Waals surface area contributed by atoms with E-state index in [4.69, 9.17) is 11.6 Å². The summed E-state index contributed by atoms with van der Waals surface area (Å²) in [5.41, 5.74) is 4.33. The highest BCUT2D eigenvalue weighted by Gasteiger charge is 2.21. The summed E-state index contributed by atoms with van der Waals surface area (Å²) in [6.07, 6.45) is 3.34. The van der Waals surface area contributed by atoms with Gasteiger partial charge in [-0.2, -0.15) is 0 Å². The van der Waals surface area contributed by atoms with Crippen molar-refractivity contribution in [2.24, 2.45) is 0 Å². The van der Waals surface area contributed by atoms with Crippen LogP contribution in [-0.4, -0.2) is 16.8 Å². The number of aryl methyl sites for hydroxylation is 2. The second-order valence-corrected chi connectivity index (χ2v) is 7.00. The lowest BCUT2D eigenvalue weighted by Crippen LogP contribution is -2.27. The zero-order valence-electron chi connectivity index (χ0n) is 13.6. The van der Waals surface area contributed by atoms with Gasteiger partial charge in [0.15, 0.2) is 0 Å². The molecule has 0 N–H and O–H groups in total. The molecular weight excluding hydrogens is 352 g/mol. The Kier molecular flexibility index (Phi) is 4.40. The summed E-state index contributed by atoms with van der Waals surface area (Å²) in [6, 6.07) is 15.8. The van der Waals surface area contributed by atoms with Crippen molar-refractivity contribution in [1.29, 1.82) is 0 Å². The summed E-state index contributed by atoms with van der Waals surface area (Å²) in [5.74, 6) is 0.312. The van der Waals surface area contributed by atoms with Crippen LogP contribution in [0.2, 0.25) is 0 Å². The molecule has 0 radical (unpaired) electrons. The van der Waals surface area contributed by atoms with Gasteiger partial charge in [0.05, 0.1) is 11.2 Å². The van der Waals surface area contributed by atoms with Crippen LogP contribution in [0.3, 0.4) is 0 Å². The Morgan fingerprint density at radius 1 is 1.08 bits per heavy atom. The minimum absolute atomic E-state index is 0.0909. The molecule has 1 amide bonds. The van der Waals surface area contributed by atoms with E-state index in [9.17, 15) is 4.79 Å². The fourth-order valence-corrected chi connectivity index (χ4v) is 3.72. The number of alkyl halides is 1. The van der Waals surface area contributed by atoms with Crippen molar-refractivity contribution in [3.8, 4) is 0 Å². The first-order chi connectivity index (χ1) is 12.2. The number of benzene rings is 2. The molecule has 25 heavy (non-hydrogen) atoms. The topological polar surface area (TPSA) is 33.2 Å². The van der Waals surface area contributed by atoms with Crippen LogP contribution in [0, 0.1) is 0 Å². The van der Waals surface area contributed by atoms with E-state index in [2.05, 4.69) is 29.7 Å². The highest BCUT2D eigenvalue weighted by atomic mass is 35.5. The smallest absolute Gasteiger partial charge is 0.247 e. The monoisotopic (exact) mass is 368 g/mol. The normalized spacial score (nSPS) is 13.0. The molecule has 2 aromatic carbocycles. The summed E-state index contributed by atoms with van der Waals surface area (Å²) in [5, 5.41) is 0.989. The van der Waals surface area contributed by atoms with E-state index in [1.165, 1.54) is 17.5 Å². The van der Waals surface area contributed by atoms with Crippen molar-refractivity contribution >= 4 is 52.5 Å². The molecule has 4 rings (SSSR count). The lowest BCUT2D eigenvalue weighted by Gasteiger charge is -2.22. The molecule has 0 atom stereocenters. The van der Waals surface area contributed by atoms with E-state index in [0.29, 0.717) is 5.82 Å². The van der Waals surface area contributed by atoms with Crippen LogP contribution in [0.4, 0.5) is 11.5 Å². The minimum atomic E-state index is -0.183. The van der Waals surface area contributed by atoms with Gasteiger partial charge in [-0.15, -0.1) is 24.2 Å². The van der Waals surface area contributed by atoms with Gasteiger partial charge >= 0.3 is 0 Å². The van der Waals surface area contributed by atoms with Crippen molar-refractivity contribution in [1.82, 2.24) is 4.98 Å². The molecule has 1 aliphatic rings. The van der Waals surface area contributed by atoms with Crippen LogP contribution in [0.15, 0.2) is 53.4 Å². The third kappa shape index (κ3) is 3.12. The molecule has 5 heteroatoms. The van der Waals surface area contributed by atoms with Gasteiger partial charge in [0.1, 0.15) is 11.7 Å². The van der Waals surface area contributed by atoms with Crippen LogP contribution in [0.5, 0.6) is 0 Å². The van der Waals surface area contributed by atoms with E-state index in [-0.39, 0.29) is 11.8 Å². The third-order valence-electron chi connectivity index (χ3n) is 4.59. The predicted molar refractivity (Wildman–Crippen MR) is 105 cm³/mol. The fourth-order valence-electron chi connectivity index (χ4n) is 3.39. The Balaban J connectivity index is 1.82. The van der Waals surface area contributed by atoms with Gasteiger partial charge in [-0.25, -0.2) is 4.98 Å². The second kappa shape index (κ2) is 6.70. The Morgan fingerprint density at radius 2 is 1.92 bits per heavy atom. The second-order valence-electron chi connectivity index (χ2n) is 6.22. The number of pyridine rings is 1. The molecule has 3 nitrogen and oxygen atoms in total. The molecule has 0 saturated carbocycles.